The monoisotopic (exact) mass is 477 g/mol. The van der Waals surface area contributed by atoms with Crippen LogP contribution in [0.1, 0.15) is 41.2 Å². The summed E-state index contributed by atoms with van der Waals surface area (Å²) in [5, 5.41) is 1.30. The highest BCUT2D eigenvalue weighted by molar-refractivity contribution is 6.00. The number of nitrogen functional groups attached to an aromatic ring is 1. The number of H-pyrrole nitrogens is 1. The van der Waals surface area contributed by atoms with Gasteiger partial charge >= 0.3 is 0 Å². The van der Waals surface area contributed by atoms with E-state index in [9.17, 15) is 0 Å². The summed E-state index contributed by atoms with van der Waals surface area (Å²) >= 11 is 0. The van der Waals surface area contributed by atoms with E-state index in [-0.39, 0.29) is 5.60 Å². The minimum Gasteiger partial charge on any atom is -0.485 e. The van der Waals surface area contributed by atoms with E-state index in [1.807, 2.05) is 0 Å². The Hall–Kier alpha value is -3.50. The number of para-hydroxylation sites is 1. The van der Waals surface area contributed by atoms with Crippen LogP contribution in [0, 0.1) is 20.8 Å². The van der Waals surface area contributed by atoms with E-state index >= 15 is 0 Å². The molecule has 0 fully saturated rings. The quantitative estimate of drug-likeness (QED) is 0.317. The van der Waals surface area contributed by atoms with Crippen molar-refractivity contribution in [2.75, 3.05) is 25.4 Å². The molecule has 0 saturated heterocycles. The molecule has 3 heterocycles. The molecule has 3 N–H and O–H groups in total. The summed E-state index contributed by atoms with van der Waals surface area (Å²) in [5.41, 5.74) is 18.3. The van der Waals surface area contributed by atoms with E-state index in [1.165, 1.54) is 50.0 Å². The predicted molar refractivity (Wildman–Crippen MR) is 151 cm³/mol. The minimum atomic E-state index is -0.237. The van der Waals surface area contributed by atoms with Gasteiger partial charge in [-0.05, 0) is 68.0 Å². The van der Waals surface area contributed by atoms with Crippen LogP contribution in [-0.2, 0) is 6.42 Å². The third-order valence-electron chi connectivity index (χ3n) is 8.28. The number of rotatable bonds is 4. The van der Waals surface area contributed by atoms with Crippen molar-refractivity contribution < 1.29 is 4.74 Å². The molecule has 2 aliphatic rings. The second-order valence-electron chi connectivity index (χ2n) is 10.8. The Morgan fingerprint density at radius 3 is 2.47 bits per heavy atom. The van der Waals surface area contributed by atoms with Crippen LogP contribution >= 0.6 is 0 Å². The molecule has 0 saturated carbocycles. The average Bonchev–Trinajstić information content (AvgIpc) is 3.46. The number of aromatic amines is 1. The van der Waals surface area contributed by atoms with E-state index in [1.54, 1.807) is 0 Å². The van der Waals surface area contributed by atoms with Crippen LogP contribution in [-0.4, -0.2) is 35.1 Å². The summed E-state index contributed by atoms with van der Waals surface area (Å²) in [6.45, 7) is 11.5. The Balaban J connectivity index is 1.26. The first-order valence-corrected chi connectivity index (χ1v) is 13.0. The number of ether oxygens (including phenoxy) is 1. The van der Waals surface area contributed by atoms with Crippen LogP contribution < -0.4 is 10.5 Å². The highest BCUT2D eigenvalue weighted by Gasteiger charge is 2.39. The SMILES string of the molecule is Cc1c(C)c2c(c(C)c1N)CC(C)(CN1CC=C(c3c(-c4ccccc4)[nH]c4ccccc34)CC1)O2. The third kappa shape index (κ3) is 3.72. The summed E-state index contributed by atoms with van der Waals surface area (Å²) < 4.78 is 6.66. The van der Waals surface area contributed by atoms with E-state index in [0.717, 1.165) is 49.5 Å². The van der Waals surface area contributed by atoms with Gasteiger partial charge in [0.05, 0.1) is 5.69 Å². The highest BCUT2D eigenvalue weighted by atomic mass is 16.5. The summed E-state index contributed by atoms with van der Waals surface area (Å²) in [6, 6.07) is 19.3. The number of nitrogens with two attached hydrogens (primary N) is 1. The molecule has 1 atom stereocenters. The zero-order valence-corrected chi connectivity index (χ0v) is 21.7. The summed E-state index contributed by atoms with van der Waals surface area (Å²) in [7, 11) is 0. The van der Waals surface area contributed by atoms with Gasteiger partial charge in [-0.1, -0.05) is 54.6 Å². The number of hydrogen-bond acceptors (Lipinski definition) is 3. The van der Waals surface area contributed by atoms with Gasteiger partial charge in [0.15, 0.2) is 0 Å². The molecule has 6 rings (SSSR count). The normalized spacial score (nSPS) is 19.8. The summed E-state index contributed by atoms with van der Waals surface area (Å²) in [6.07, 6.45) is 4.36. The first-order chi connectivity index (χ1) is 17.3. The summed E-state index contributed by atoms with van der Waals surface area (Å²) in [5.74, 6) is 1.06. The highest BCUT2D eigenvalue weighted by Crippen LogP contribution is 2.44. The number of nitrogens with zero attached hydrogens (tertiary/aromatic N) is 1. The molecule has 36 heavy (non-hydrogen) atoms. The van der Waals surface area contributed by atoms with Gasteiger partial charge in [-0.25, -0.2) is 0 Å². The van der Waals surface area contributed by atoms with E-state index < -0.39 is 0 Å². The standard InChI is InChI=1S/C32H35N3O/c1-20-21(2)31-26(22(3)29(20)33)18-32(4,36-31)19-35-16-14-23(15-17-35)28-25-12-8-9-13-27(25)34-30(28)24-10-6-5-7-11-24/h5-14,34H,15-19,33H2,1-4H3. The largest absolute Gasteiger partial charge is 0.485 e. The second-order valence-corrected chi connectivity index (χ2v) is 10.8. The number of nitrogens with one attached hydrogen (secondary N) is 1. The molecule has 4 aromatic rings. The fourth-order valence-corrected chi connectivity index (χ4v) is 6.16. The fraction of sp³-hybridized carbons (Fsp3) is 0.312. The maximum absolute atomic E-state index is 6.66. The molecule has 0 amide bonds. The van der Waals surface area contributed by atoms with E-state index in [2.05, 4.69) is 98.3 Å². The Bertz CT molecular complexity index is 1460. The Morgan fingerprint density at radius 2 is 1.72 bits per heavy atom. The van der Waals surface area contributed by atoms with Gasteiger partial charge in [0, 0.05) is 53.8 Å². The first kappa shape index (κ1) is 22.9. The number of fused-ring (bicyclic) bond motifs is 2. The molecule has 184 valence electrons. The number of aromatic nitrogens is 1. The molecular formula is C32H35N3O. The molecule has 4 nitrogen and oxygen atoms in total. The topological polar surface area (TPSA) is 54.3 Å². The van der Waals surface area contributed by atoms with Crippen LogP contribution in [0.25, 0.3) is 27.7 Å². The van der Waals surface area contributed by atoms with Crippen molar-refractivity contribution in [2.45, 2.75) is 46.1 Å². The molecule has 4 heteroatoms. The number of hydrogen-bond donors (Lipinski definition) is 2. The van der Waals surface area contributed by atoms with E-state index in [0.29, 0.717) is 0 Å². The lowest BCUT2D eigenvalue weighted by Gasteiger charge is -2.34. The molecule has 0 aliphatic carbocycles. The zero-order valence-electron chi connectivity index (χ0n) is 21.7. The van der Waals surface area contributed by atoms with Crippen molar-refractivity contribution in [1.29, 1.82) is 0 Å². The molecule has 0 spiro atoms. The van der Waals surface area contributed by atoms with Gasteiger partial charge in [0.25, 0.3) is 0 Å². The van der Waals surface area contributed by atoms with Crippen LogP contribution in [0.4, 0.5) is 5.69 Å². The van der Waals surface area contributed by atoms with Gasteiger partial charge in [-0.15, -0.1) is 0 Å². The maximum Gasteiger partial charge on any atom is 0.127 e. The number of anilines is 1. The lowest BCUT2D eigenvalue weighted by Crippen LogP contribution is -2.45. The summed E-state index contributed by atoms with van der Waals surface area (Å²) in [4.78, 5) is 6.23. The van der Waals surface area contributed by atoms with Gasteiger partial charge in [-0.3, -0.25) is 4.90 Å². The lowest BCUT2D eigenvalue weighted by molar-refractivity contribution is 0.0670. The Morgan fingerprint density at radius 1 is 0.972 bits per heavy atom. The van der Waals surface area contributed by atoms with Crippen LogP contribution in [0.2, 0.25) is 0 Å². The van der Waals surface area contributed by atoms with Gasteiger partial charge in [0.1, 0.15) is 11.4 Å². The molecule has 0 radical (unpaired) electrons. The molecular weight excluding hydrogens is 442 g/mol. The molecule has 1 unspecified atom stereocenters. The average molecular weight is 478 g/mol. The maximum atomic E-state index is 6.66. The third-order valence-corrected chi connectivity index (χ3v) is 8.28. The van der Waals surface area contributed by atoms with Crippen LogP contribution in [0.5, 0.6) is 5.75 Å². The van der Waals surface area contributed by atoms with Gasteiger partial charge in [-0.2, -0.15) is 0 Å². The zero-order chi connectivity index (χ0) is 25.0. The van der Waals surface area contributed by atoms with Gasteiger partial charge < -0.3 is 15.5 Å². The molecule has 0 bridgehead atoms. The Kier molecular flexibility index (Phi) is 5.45. The molecule has 1 aromatic heterocycles. The smallest absolute Gasteiger partial charge is 0.127 e. The minimum absolute atomic E-state index is 0.237. The van der Waals surface area contributed by atoms with Crippen LogP contribution in [0.3, 0.4) is 0 Å². The first-order valence-electron chi connectivity index (χ1n) is 13.0. The fourth-order valence-electron chi connectivity index (χ4n) is 6.16. The predicted octanol–water partition coefficient (Wildman–Crippen LogP) is 6.83. The van der Waals surface area contributed by atoms with E-state index in [4.69, 9.17) is 10.5 Å². The molecule has 2 aliphatic heterocycles. The Labute approximate surface area is 213 Å². The van der Waals surface area contributed by atoms with Crippen molar-refractivity contribution in [3.8, 4) is 17.0 Å². The van der Waals surface area contributed by atoms with Gasteiger partial charge in [0.2, 0.25) is 0 Å². The van der Waals surface area contributed by atoms with Crippen molar-refractivity contribution in [1.82, 2.24) is 9.88 Å². The number of benzene rings is 3. The van der Waals surface area contributed by atoms with Crippen LogP contribution in [0.15, 0.2) is 60.7 Å². The van der Waals surface area contributed by atoms with Crippen molar-refractivity contribution in [2.24, 2.45) is 0 Å². The molecule has 3 aromatic carbocycles. The van der Waals surface area contributed by atoms with Crippen molar-refractivity contribution in [3.63, 3.8) is 0 Å². The van der Waals surface area contributed by atoms with Crippen molar-refractivity contribution >= 4 is 22.2 Å². The van der Waals surface area contributed by atoms with Crippen molar-refractivity contribution in [3.05, 3.63) is 88.5 Å². The second kappa shape index (κ2) is 8.56. The lowest BCUT2D eigenvalue weighted by atomic mass is 9.91.